The van der Waals surface area contributed by atoms with Crippen LogP contribution in [0.15, 0.2) is 49.6 Å². The molecular weight excluding hydrogens is 628 g/mol. The molecule has 1 spiro atoms. The Morgan fingerprint density at radius 3 is 2.42 bits per heavy atom. The molecule has 264 valence electrons. The predicted molar refractivity (Wildman–Crippen MR) is 190 cm³/mol. The van der Waals surface area contributed by atoms with Crippen LogP contribution in [0.2, 0.25) is 0 Å². The summed E-state index contributed by atoms with van der Waals surface area (Å²) in [5, 5.41) is 9.29. The van der Waals surface area contributed by atoms with E-state index in [1.807, 2.05) is 41.0 Å². The molecule has 11 heteroatoms. The van der Waals surface area contributed by atoms with Crippen molar-refractivity contribution in [1.82, 2.24) is 14.7 Å². The molecule has 0 aliphatic carbocycles. The van der Waals surface area contributed by atoms with E-state index in [1.165, 1.54) is 0 Å². The van der Waals surface area contributed by atoms with Gasteiger partial charge in [-0.3, -0.25) is 19.3 Å². The highest BCUT2D eigenvalue weighted by Crippen LogP contribution is 2.71. The third-order valence-corrected chi connectivity index (χ3v) is 12.6. The number of carbonyl (C=O) groups is 3. The van der Waals surface area contributed by atoms with Gasteiger partial charge in [0.05, 0.1) is 36.4 Å². The Morgan fingerprint density at radius 2 is 1.75 bits per heavy atom. The molecule has 0 radical (unpaired) electrons. The second-order valence-electron chi connectivity index (χ2n) is 13.6. The fraction of sp³-hybridized carbons (Fsp3) is 0.649. The van der Waals surface area contributed by atoms with Crippen LogP contribution in [0.5, 0.6) is 5.75 Å². The first-order chi connectivity index (χ1) is 23.2. The van der Waals surface area contributed by atoms with E-state index in [2.05, 4.69) is 25.0 Å². The molecule has 1 aromatic carbocycles. The van der Waals surface area contributed by atoms with Crippen LogP contribution in [0.1, 0.15) is 52.4 Å². The Morgan fingerprint density at radius 1 is 1.04 bits per heavy atom. The molecule has 4 heterocycles. The van der Waals surface area contributed by atoms with Crippen LogP contribution in [0.25, 0.3) is 0 Å². The number of ether oxygens (including phenoxy) is 2. The molecule has 4 fully saturated rings. The lowest BCUT2D eigenvalue weighted by molar-refractivity contribution is -0.143. The molecule has 4 aliphatic rings. The normalized spacial score (nSPS) is 27.9. The minimum absolute atomic E-state index is 0.0475. The largest absolute Gasteiger partial charge is 0.494 e. The molecule has 5 atom stereocenters. The number of amides is 3. The molecule has 2 bridgehead atoms. The maximum atomic E-state index is 14.8. The number of aliphatic hydroxyl groups is 1. The Balaban J connectivity index is 1.46. The number of fused-ring (bicyclic) bond motifs is 1. The highest BCUT2D eigenvalue weighted by molar-refractivity contribution is 8.02. The van der Waals surface area contributed by atoms with Crippen molar-refractivity contribution < 1.29 is 29.0 Å². The summed E-state index contributed by atoms with van der Waals surface area (Å²) in [4.78, 5) is 52.1. The second kappa shape index (κ2) is 16.2. The van der Waals surface area contributed by atoms with Crippen molar-refractivity contribution in [2.75, 3.05) is 77.1 Å². The van der Waals surface area contributed by atoms with E-state index in [4.69, 9.17) is 9.47 Å². The Kier molecular flexibility index (Phi) is 12.3. The number of thioether (sulfide) groups is 1. The molecule has 1 aromatic rings. The van der Waals surface area contributed by atoms with Crippen molar-refractivity contribution >= 4 is 35.2 Å². The van der Waals surface area contributed by atoms with Gasteiger partial charge in [0.15, 0.2) is 0 Å². The fourth-order valence-corrected chi connectivity index (χ4v) is 10.6. The van der Waals surface area contributed by atoms with Crippen molar-refractivity contribution in [3.05, 3.63) is 49.6 Å². The zero-order valence-corrected chi connectivity index (χ0v) is 29.6. The summed E-state index contributed by atoms with van der Waals surface area (Å²) in [5.41, 5.74) is 0.729. The van der Waals surface area contributed by atoms with Crippen LogP contribution < -0.4 is 9.64 Å². The molecule has 48 heavy (non-hydrogen) atoms. The van der Waals surface area contributed by atoms with Crippen LogP contribution in [-0.4, -0.2) is 125 Å². The van der Waals surface area contributed by atoms with Gasteiger partial charge in [0.2, 0.25) is 17.7 Å². The lowest BCUT2D eigenvalue weighted by Gasteiger charge is -2.38. The van der Waals surface area contributed by atoms with Crippen molar-refractivity contribution in [1.29, 1.82) is 0 Å². The summed E-state index contributed by atoms with van der Waals surface area (Å²) in [6.07, 6.45) is 8.12. The third kappa shape index (κ3) is 7.20. The minimum atomic E-state index is -0.689. The quantitative estimate of drug-likeness (QED) is 0.183. The number of nitrogens with zero attached hydrogens (tertiary/aromatic N) is 4. The van der Waals surface area contributed by atoms with Crippen molar-refractivity contribution in [2.45, 2.75) is 67.9 Å². The van der Waals surface area contributed by atoms with Crippen LogP contribution in [0.4, 0.5) is 5.69 Å². The standard InChI is InChI=1S/C37H54N4O6S/c1-5-18-39(22-21-38-23-26-46-27-24-38)35(45)32-37-17-16-36(4,48-37)30(31(37)34(44)41(32)20-10-8-9-11-25-42)33(43)40(19-6-2)28-12-14-29(15-13-28)47-7-3/h5-6,12-15,30-32,42H,1-2,7-11,16-27H2,3-4H3/t30-,31+,32?,36+,37?/m1/s1. The van der Waals surface area contributed by atoms with E-state index in [0.717, 1.165) is 56.8 Å². The Labute approximate surface area is 290 Å². The summed E-state index contributed by atoms with van der Waals surface area (Å²) >= 11 is 1.71. The summed E-state index contributed by atoms with van der Waals surface area (Å²) in [7, 11) is 0. The number of carbonyl (C=O) groups excluding carboxylic acids is 3. The van der Waals surface area contributed by atoms with E-state index in [-0.39, 0.29) is 24.3 Å². The zero-order valence-electron chi connectivity index (χ0n) is 28.8. The lowest BCUT2D eigenvalue weighted by Crippen LogP contribution is -2.56. The van der Waals surface area contributed by atoms with E-state index in [0.29, 0.717) is 58.8 Å². The number of likely N-dealkylation sites (tertiary alicyclic amines) is 1. The van der Waals surface area contributed by atoms with Gasteiger partial charge in [-0.05, 0) is 63.8 Å². The summed E-state index contributed by atoms with van der Waals surface area (Å²) in [6, 6.07) is 6.84. The van der Waals surface area contributed by atoms with Crippen molar-refractivity contribution in [3.63, 3.8) is 0 Å². The molecule has 2 unspecified atom stereocenters. The van der Waals surface area contributed by atoms with Gasteiger partial charge >= 0.3 is 0 Å². The number of hydrogen-bond donors (Lipinski definition) is 1. The highest BCUT2D eigenvalue weighted by Gasteiger charge is 2.77. The van der Waals surface area contributed by atoms with Crippen LogP contribution in [0, 0.1) is 11.8 Å². The van der Waals surface area contributed by atoms with E-state index < -0.39 is 27.4 Å². The van der Waals surface area contributed by atoms with E-state index in [9.17, 15) is 19.5 Å². The van der Waals surface area contributed by atoms with Gasteiger partial charge in [-0.15, -0.1) is 24.9 Å². The van der Waals surface area contributed by atoms with Gasteiger partial charge in [0.1, 0.15) is 11.8 Å². The minimum Gasteiger partial charge on any atom is -0.494 e. The van der Waals surface area contributed by atoms with Gasteiger partial charge in [-0.2, -0.15) is 0 Å². The third-order valence-electron chi connectivity index (χ3n) is 10.6. The molecule has 3 amide bonds. The molecule has 4 aliphatic heterocycles. The van der Waals surface area contributed by atoms with Crippen LogP contribution in [0.3, 0.4) is 0 Å². The molecular formula is C37H54N4O6S. The van der Waals surface area contributed by atoms with E-state index in [1.54, 1.807) is 28.8 Å². The number of benzene rings is 1. The summed E-state index contributed by atoms with van der Waals surface area (Å²) in [5.74, 6) is -0.671. The van der Waals surface area contributed by atoms with E-state index >= 15 is 0 Å². The molecule has 5 rings (SSSR count). The number of hydrogen-bond acceptors (Lipinski definition) is 8. The highest BCUT2D eigenvalue weighted by atomic mass is 32.2. The predicted octanol–water partition coefficient (Wildman–Crippen LogP) is 3.99. The average molecular weight is 683 g/mol. The second-order valence-corrected chi connectivity index (χ2v) is 15.5. The zero-order chi connectivity index (χ0) is 34.3. The number of unbranched alkanes of at least 4 members (excludes halogenated alkanes) is 3. The van der Waals surface area contributed by atoms with Crippen molar-refractivity contribution in [3.8, 4) is 5.75 Å². The summed E-state index contributed by atoms with van der Waals surface area (Å²) < 4.78 is 9.99. The number of rotatable bonds is 18. The SMILES string of the molecule is C=CCN(CCN1CCOCC1)C(=O)C1N(CCCCCCO)C(=O)[C@@H]2[C@H](C(=O)N(CC=C)c3ccc(OCC)cc3)[C@]3(C)CCC12S3. The van der Waals surface area contributed by atoms with Gasteiger partial charge < -0.3 is 29.3 Å². The molecule has 0 saturated carbocycles. The van der Waals surface area contributed by atoms with Crippen molar-refractivity contribution in [2.24, 2.45) is 11.8 Å². The maximum Gasteiger partial charge on any atom is 0.247 e. The van der Waals surface area contributed by atoms with Gasteiger partial charge in [0.25, 0.3) is 0 Å². The monoisotopic (exact) mass is 682 g/mol. The van der Waals surface area contributed by atoms with Gasteiger partial charge in [-0.1, -0.05) is 25.0 Å². The first-order valence-corrected chi connectivity index (χ1v) is 18.5. The smallest absolute Gasteiger partial charge is 0.247 e. The van der Waals surface area contributed by atoms with Gasteiger partial charge in [0, 0.05) is 62.9 Å². The van der Waals surface area contributed by atoms with Crippen LogP contribution >= 0.6 is 11.8 Å². The number of anilines is 1. The number of aliphatic hydroxyl groups excluding tert-OH is 1. The Hall–Kier alpha value is -2.86. The first-order valence-electron chi connectivity index (χ1n) is 17.7. The topological polar surface area (TPSA) is 103 Å². The first kappa shape index (κ1) is 36.4. The molecule has 4 saturated heterocycles. The summed E-state index contributed by atoms with van der Waals surface area (Å²) in [6.45, 7) is 18.1. The van der Waals surface area contributed by atoms with Gasteiger partial charge in [-0.25, -0.2) is 0 Å². The number of morpholine rings is 1. The molecule has 0 aromatic heterocycles. The maximum absolute atomic E-state index is 14.8. The lowest BCUT2D eigenvalue weighted by atomic mass is 9.66. The fourth-order valence-electron chi connectivity index (χ4n) is 8.28. The molecule has 1 N–H and O–H groups in total. The molecule has 10 nitrogen and oxygen atoms in total. The van der Waals surface area contributed by atoms with Crippen LogP contribution in [-0.2, 0) is 19.1 Å². The average Bonchev–Trinajstić information content (AvgIpc) is 3.66. The Bertz CT molecular complexity index is 1310.